The van der Waals surface area contributed by atoms with E-state index in [1.54, 1.807) is 42.3 Å². The van der Waals surface area contributed by atoms with Gasteiger partial charge >= 0.3 is 5.63 Å². The summed E-state index contributed by atoms with van der Waals surface area (Å²) in [6.45, 7) is 2.50. The number of carbonyl (C=O) groups excluding carboxylic acids is 2. The van der Waals surface area contributed by atoms with Gasteiger partial charge in [0, 0.05) is 48.2 Å². The summed E-state index contributed by atoms with van der Waals surface area (Å²) in [6, 6.07) is 10.5. The number of rotatable bonds is 7. The molecule has 0 atom stereocenters. The Bertz CT molecular complexity index is 1280. The standard InChI is InChI=1S/C25H26N2O6/c1-15-18-8-7-17(31-2)14-21(18)33-25(30)19(15)9-11-23(28)26-16-6-10-20(22(13-16)32-3)27-12-4-5-24(27)29/h6-8,10,13-14H,4-5,9,11-12H2,1-3H3,(H,26,28). The number of anilines is 2. The molecule has 1 aliphatic heterocycles. The first-order valence-corrected chi connectivity index (χ1v) is 10.8. The molecule has 1 saturated heterocycles. The normalized spacial score (nSPS) is 13.4. The molecular formula is C25H26N2O6. The molecule has 2 heterocycles. The van der Waals surface area contributed by atoms with Gasteiger partial charge in [0.05, 0.1) is 19.9 Å². The zero-order valence-corrected chi connectivity index (χ0v) is 18.9. The number of methoxy groups -OCH3 is 2. The molecule has 1 aromatic heterocycles. The number of ether oxygens (including phenoxy) is 2. The van der Waals surface area contributed by atoms with E-state index < -0.39 is 5.63 Å². The first-order valence-electron chi connectivity index (χ1n) is 10.8. The number of carbonyl (C=O) groups is 2. The molecule has 0 aliphatic carbocycles. The lowest BCUT2D eigenvalue weighted by atomic mass is 10.0. The van der Waals surface area contributed by atoms with Crippen LogP contribution < -0.4 is 25.3 Å². The van der Waals surface area contributed by atoms with Crippen molar-refractivity contribution >= 4 is 34.2 Å². The number of nitrogens with one attached hydrogen (secondary N) is 1. The van der Waals surface area contributed by atoms with E-state index >= 15 is 0 Å². The smallest absolute Gasteiger partial charge is 0.339 e. The number of amides is 2. The van der Waals surface area contributed by atoms with E-state index in [1.165, 1.54) is 7.11 Å². The molecule has 1 fully saturated rings. The van der Waals surface area contributed by atoms with Crippen molar-refractivity contribution in [1.82, 2.24) is 0 Å². The summed E-state index contributed by atoms with van der Waals surface area (Å²) in [5.74, 6) is 0.945. The number of hydrogen-bond donors (Lipinski definition) is 1. The Labute approximate surface area is 191 Å². The zero-order valence-electron chi connectivity index (χ0n) is 18.9. The summed E-state index contributed by atoms with van der Waals surface area (Å²) in [7, 11) is 3.08. The van der Waals surface area contributed by atoms with Gasteiger partial charge in [0.15, 0.2) is 0 Å². The van der Waals surface area contributed by atoms with Gasteiger partial charge in [-0.15, -0.1) is 0 Å². The van der Waals surface area contributed by atoms with Crippen molar-refractivity contribution in [1.29, 1.82) is 0 Å². The predicted octanol–water partition coefficient (Wildman–Crippen LogP) is 3.82. The van der Waals surface area contributed by atoms with Gasteiger partial charge in [0.25, 0.3) is 0 Å². The van der Waals surface area contributed by atoms with Crippen LogP contribution in [0.3, 0.4) is 0 Å². The van der Waals surface area contributed by atoms with Crippen LogP contribution in [-0.4, -0.2) is 32.6 Å². The number of nitrogens with zero attached hydrogens (tertiary/aromatic N) is 1. The number of aryl methyl sites for hydroxylation is 1. The average Bonchev–Trinajstić information content (AvgIpc) is 3.23. The van der Waals surface area contributed by atoms with Crippen LogP contribution in [0.25, 0.3) is 11.0 Å². The van der Waals surface area contributed by atoms with Crippen molar-refractivity contribution < 1.29 is 23.5 Å². The molecule has 3 aromatic rings. The van der Waals surface area contributed by atoms with Gasteiger partial charge in [-0.3, -0.25) is 9.59 Å². The second-order valence-corrected chi connectivity index (χ2v) is 7.94. The lowest BCUT2D eigenvalue weighted by Crippen LogP contribution is -2.24. The molecule has 2 amide bonds. The highest BCUT2D eigenvalue weighted by molar-refractivity contribution is 5.98. The minimum Gasteiger partial charge on any atom is -0.497 e. The second kappa shape index (κ2) is 9.36. The number of hydrogen-bond acceptors (Lipinski definition) is 6. The highest BCUT2D eigenvalue weighted by Gasteiger charge is 2.24. The third-order valence-corrected chi connectivity index (χ3v) is 5.92. The van der Waals surface area contributed by atoms with E-state index in [2.05, 4.69) is 5.32 Å². The summed E-state index contributed by atoms with van der Waals surface area (Å²) in [5.41, 5.74) is 2.51. The molecule has 1 N–H and O–H groups in total. The van der Waals surface area contributed by atoms with E-state index in [0.717, 1.165) is 17.4 Å². The molecular weight excluding hydrogens is 424 g/mol. The van der Waals surface area contributed by atoms with Gasteiger partial charge in [0.2, 0.25) is 11.8 Å². The van der Waals surface area contributed by atoms with Crippen LogP contribution in [0.1, 0.15) is 30.4 Å². The summed E-state index contributed by atoms with van der Waals surface area (Å²) in [4.78, 5) is 38.8. The Kier molecular flexibility index (Phi) is 6.35. The lowest BCUT2D eigenvalue weighted by molar-refractivity contribution is -0.117. The third-order valence-electron chi connectivity index (χ3n) is 5.92. The first-order chi connectivity index (χ1) is 15.9. The molecule has 4 rings (SSSR count). The van der Waals surface area contributed by atoms with E-state index in [0.29, 0.717) is 47.0 Å². The quantitative estimate of drug-likeness (QED) is 0.550. The predicted molar refractivity (Wildman–Crippen MR) is 125 cm³/mol. The molecule has 8 nitrogen and oxygen atoms in total. The van der Waals surface area contributed by atoms with Crippen LogP contribution in [0.5, 0.6) is 11.5 Å². The lowest BCUT2D eigenvalue weighted by Gasteiger charge is -2.19. The Morgan fingerprint density at radius 1 is 1.12 bits per heavy atom. The van der Waals surface area contributed by atoms with Gasteiger partial charge in [-0.2, -0.15) is 0 Å². The van der Waals surface area contributed by atoms with Crippen LogP contribution in [0.2, 0.25) is 0 Å². The van der Waals surface area contributed by atoms with Crippen LogP contribution in [0, 0.1) is 6.92 Å². The maximum Gasteiger partial charge on any atom is 0.339 e. The van der Waals surface area contributed by atoms with E-state index in [-0.39, 0.29) is 24.7 Å². The fourth-order valence-corrected chi connectivity index (χ4v) is 4.13. The van der Waals surface area contributed by atoms with E-state index in [9.17, 15) is 14.4 Å². The van der Waals surface area contributed by atoms with Crippen molar-refractivity contribution in [2.24, 2.45) is 0 Å². The van der Waals surface area contributed by atoms with Gasteiger partial charge in [-0.1, -0.05) is 0 Å². The molecule has 0 spiro atoms. The molecule has 0 radical (unpaired) electrons. The summed E-state index contributed by atoms with van der Waals surface area (Å²) in [6.07, 6.45) is 1.70. The van der Waals surface area contributed by atoms with Crippen LogP contribution in [0.4, 0.5) is 11.4 Å². The highest BCUT2D eigenvalue weighted by Crippen LogP contribution is 2.34. The molecule has 2 aromatic carbocycles. The largest absolute Gasteiger partial charge is 0.497 e. The first kappa shape index (κ1) is 22.4. The zero-order chi connectivity index (χ0) is 23.5. The van der Waals surface area contributed by atoms with Crippen molar-refractivity contribution in [3.63, 3.8) is 0 Å². The van der Waals surface area contributed by atoms with Crippen LogP contribution in [-0.2, 0) is 16.0 Å². The fourth-order valence-electron chi connectivity index (χ4n) is 4.13. The molecule has 1 aliphatic rings. The van der Waals surface area contributed by atoms with Crippen molar-refractivity contribution in [2.75, 3.05) is 31.0 Å². The Hall–Kier alpha value is -3.81. The molecule has 0 saturated carbocycles. The maximum absolute atomic E-state index is 12.6. The van der Waals surface area contributed by atoms with Gasteiger partial charge in [-0.25, -0.2) is 4.79 Å². The Morgan fingerprint density at radius 2 is 1.94 bits per heavy atom. The Morgan fingerprint density at radius 3 is 2.64 bits per heavy atom. The highest BCUT2D eigenvalue weighted by atomic mass is 16.5. The monoisotopic (exact) mass is 450 g/mol. The summed E-state index contributed by atoms with van der Waals surface area (Å²) < 4.78 is 16.1. The maximum atomic E-state index is 12.6. The molecule has 33 heavy (non-hydrogen) atoms. The molecule has 0 bridgehead atoms. The molecule has 0 unspecified atom stereocenters. The van der Waals surface area contributed by atoms with Crippen molar-refractivity contribution in [3.8, 4) is 11.5 Å². The van der Waals surface area contributed by atoms with Crippen LogP contribution >= 0.6 is 0 Å². The van der Waals surface area contributed by atoms with Gasteiger partial charge < -0.3 is 24.1 Å². The summed E-state index contributed by atoms with van der Waals surface area (Å²) in [5, 5.41) is 3.64. The van der Waals surface area contributed by atoms with E-state index in [4.69, 9.17) is 13.9 Å². The topological polar surface area (TPSA) is 98.1 Å². The van der Waals surface area contributed by atoms with Crippen LogP contribution in [0.15, 0.2) is 45.6 Å². The fraction of sp³-hybridized carbons (Fsp3) is 0.320. The second-order valence-electron chi connectivity index (χ2n) is 7.94. The average molecular weight is 450 g/mol. The minimum absolute atomic E-state index is 0.0631. The van der Waals surface area contributed by atoms with Crippen molar-refractivity contribution in [2.45, 2.75) is 32.6 Å². The number of benzene rings is 2. The van der Waals surface area contributed by atoms with E-state index in [1.807, 2.05) is 13.0 Å². The van der Waals surface area contributed by atoms with Gasteiger partial charge in [-0.05, 0) is 49.6 Å². The molecule has 172 valence electrons. The minimum atomic E-state index is -0.456. The Balaban J connectivity index is 1.47. The summed E-state index contributed by atoms with van der Waals surface area (Å²) >= 11 is 0. The number of fused-ring (bicyclic) bond motifs is 1. The van der Waals surface area contributed by atoms with Crippen molar-refractivity contribution in [3.05, 3.63) is 57.9 Å². The van der Waals surface area contributed by atoms with Gasteiger partial charge in [0.1, 0.15) is 17.1 Å². The SMILES string of the molecule is COc1ccc2c(C)c(CCC(=O)Nc3ccc(N4CCCC4=O)c(OC)c3)c(=O)oc2c1. The third kappa shape index (κ3) is 4.55. The molecule has 8 heteroatoms.